The number of rotatable bonds is 6. The van der Waals surface area contributed by atoms with Crippen LogP contribution in [-0.4, -0.2) is 33.2 Å². The summed E-state index contributed by atoms with van der Waals surface area (Å²) in [5.74, 6) is -1.35. The van der Waals surface area contributed by atoms with Gasteiger partial charge in [0, 0.05) is 6.42 Å². The van der Waals surface area contributed by atoms with Crippen molar-refractivity contribution >= 4 is 11.9 Å². The molecule has 0 aliphatic rings. The third-order valence-corrected chi connectivity index (χ3v) is 3.31. The number of phenolic OH excluding ortho intramolecular Hbond substituents is 2. The zero-order chi connectivity index (χ0) is 16.8. The number of hydrogen-bond donors (Lipinski definition) is 4. The fourth-order valence-electron chi connectivity index (χ4n) is 2.11. The van der Waals surface area contributed by atoms with Crippen molar-refractivity contribution in [3.63, 3.8) is 0 Å². The van der Waals surface area contributed by atoms with Crippen LogP contribution in [0.15, 0.2) is 48.5 Å². The average Bonchev–Trinajstić information content (AvgIpc) is 2.51. The molecule has 0 saturated heterocycles. The van der Waals surface area contributed by atoms with Gasteiger partial charge in [0.1, 0.15) is 17.5 Å². The van der Waals surface area contributed by atoms with Crippen molar-refractivity contribution in [2.75, 3.05) is 0 Å². The Bertz CT molecular complexity index is 679. The van der Waals surface area contributed by atoms with Crippen LogP contribution in [0.4, 0.5) is 0 Å². The zero-order valence-electron chi connectivity index (χ0n) is 12.3. The highest BCUT2D eigenvalue weighted by molar-refractivity contribution is 5.85. The fraction of sp³-hybridized carbons (Fsp3) is 0.176. The SMILES string of the molecule is O=C(Cc1ccc(O)cc1)N[C@@H](Cc1ccc(O)cc1)C(=O)O. The summed E-state index contributed by atoms with van der Waals surface area (Å²) < 4.78 is 0. The molecule has 0 aliphatic carbocycles. The van der Waals surface area contributed by atoms with Crippen LogP contribution in [0.5, 0.6) is 11.5 Å². The van der Waals surface area contributed by atoms with E-state index in [1.54, 1.807) is 24.3 Å². The molecular weight excluding hydrogens is 298 g/mol. The first kappa shape index (κ1) is 16.4. The molecule has 0 fully saturated rings. The Hall–Kier alpha value is -3.02. The van der Waals surface area contributed by atoms with E-state index < -0.39 is 17.9 Å². The van der Waals surface area contributed by atoms with Crippen LogP contribution in [0.3, 0.4) is 0 Å². The van der Waals surface area contributed by atoms with Gasteiger partial charge in [-0.1, -0.05) is 24.3 Å². The van der Waals surface area contributed by atoms with Crippen LogP contribution in [0.2, 0.25) is 0 Å². The van der Waals surface area contributed by atoms with Crippen molar-refractivity contribution in [2.24, 2.45) is 0 Å². The minimum atomic E-state index is -1.13. The number of carboxylic acid groups (broad SMARTS) is 1. The molecule has 0 heterocycles. The van der Waals surface area contributed by atoms with E-state index in [9.17, 15) is 24.9 Å². The monoisotopic (exact) mass is 315 g/mol. The van der Waals surface area contributed by atoms with Gasteiger partial charge >= 0.3 is 5.97 Å². The van der Waals surface area contributed by atoms with Gasteiger partial charge < -0.3 is 20.6 Å². The maximum absolute atomic E-state index is 12.0. The van der Waals surface area contributed by atoms with Crippen molar-refractivity contribution in [2.45, 2.75) is 18.9 Å². The summed E-state index contributed by atoms with van der Waals surface area (Å²) in [6, 6.07) is 11.2. The molecule has 23 heavy (non-hydrogen) atoms. The van der Waals surface area contributed by atoms with Crippen molar-refractivity contribution < 1.29 is 24.9 Å². The summed E-state index contributed by atoms with van der Waals surface area (Å²) in [6.07, 6.45) is 0.149. The molecule has 0 saturated carbocycles. The van der Waals surface area contributed by atoms with Crippen molar-refractivity contribution in [1.82, 2.24) is 5.32 Å². The number of carbonyl (C=O) groups is 2. The molecule has 0 aromatic heterocycles. The van der Waals surface area contributed by atoms with E-state index in [0.717, 1.165) is 0 Å². The molecule has 6 nitrogen and oxygen atoms in total. The fourth-order valence-corrected chi connectivity index (χ4v) is 2.11. The van der Waals surface area contributed by atoms with E-state index in [1.165, 1.54) is 24.3 Å². The number of phenols is 2. The van der Waals surface area contributed by atoms with Crippen LogP contribution in [0, 0.1) is 0 Å². The number of aliphatic carboxylic acids is 1. The standard InChI is InChI=1S/C17H17NO5/c19-13-5-1-11(2-6-13)9-15(17(22)23)18-16(21)10-12-3-7-14(20)8-4-12/h1-8,15,19-20H,9-10H2,(H,18,21)(H,22,23)/t15-/m0/s1. The van der Waals surface area contributed by atoms with Crippen molar-refractivity contribution in [3.8, 4) is 11.5 Å². The second-order valence-corrected chi connectivity index (χ2v) is 5.17. The molecule has 1 amide bonds. The topological polar surface area (TPSA) is 107 Å². The van der Waals surface area contributed by atoms with Gasteiger partial charge in [-0.05, 0) is 35.4 Å². The Balaban J connectivity index is 1.98. The highest BCUT2D eigenvalue weighted by atomic mass is 16.4. The largest absolute Gasteiger partial charge is 0.508 e. The number of carbonyl (C=O) groups excluding carboxylic acids is 1. The first-order chi connectivity index (χ1) is 10.9. The third kappa shape index (κ3) is 5.03. The summed E-state index contributed by atoms with van der Waals surface area (Å²) in [5, 5.41) is 30.1. The van der Waals surface area contributed by atoms with E-state index >= 15 is 0 Å². The lowest BCUT2D eigenvalue weighted by atomic mass is 10.1. The summed E-state index contributed by atoms with van der Waals surface area (Å²) in [4.78, 5) is 23.3. The lowest BCUT2D eigenvalue weighted by Gasteiger charge is -2.15. The van der Waals surface area contributed by atoms with E-state index in [1.807, 2.05) is 0 Å². The van der Waals surface area contributed by atoms with E-state index in [2.05, 4.69) is 5.32 Å². The normalized spacial score (nSPS) is 11.7. The molecule has 2 aromatic rings. The molecule has 2 rings (SSSR count). The lowest BCUT2D eigenvalue weighted by Crippen LogP contribution is -2.43. The van der Waals surface area contributed by atoms with Crippen LogP contribution in [0.25, 0.3) is 0 Å². The third-order valence-electron chi connectivity index (χ3n) is 3.31. The minimum absolute atomic E-state index is 0.0274. The summed E-state index contributed by atoms with van der Waals surface area (Å²) in [7, 11) is 0. The number of nitrogens with one attached hydrogen (secondary N) is 1. The van der Waals surface area contributed by atoms with Gasteiger partial charge in [0.25, 0.3) is 0 Å². The Morgan fingerprint density at radius 3 is 1.83 bits per heavy atom. The van der Waals surface area contributed by atoms with Gasteiger partial charge in [0.2, 0.25) is 5.91 Å². The van der Waals surface area contributed by atoms with Gasteiger partial charge in [0.15, 0.2) is 0 Å². The second-order valence-electron chi connectivity index (χ2n) is 5.17. The van der Waals surface area contributed by atoms with Crippen molar-refractivity contribution in [3.05, 3.63) is 59.7 Å². The highest BCUT2D eigenvalue weighted by Gasteiger charge is 2.20. The smallest absolute Gasteiger partial charge is 0.326 e. The Kier molecular flexibility index (Phi) is 5.19. The first-order valence-corrected chi connectivity index (χ1v) is 7.02. The average molecular weight is 315 g/mol. The number of carboxylic acids is 1. The quantitative estimate of drug-likeness (QED) is 0.645. The first-order valence-electron chi connectivity index (χ1n) is 7.02. The molecule has 0 aliphatic heterocycles. The summed E-state index contributed by atoms with van der Waals surface area (Å²) >= 11 is 0. The van der Waals surface area contributed by atoms with Crippen LogP contribution in [0.1, 0.15) is 11.1 Å². The van der Waals surface area contributed by atoms with E-state index in [4.69, 9.17) is 0 Å². The number of benzene rings is 2. The Labute approximate surface area is 133 Å². The lowest BCUT2D eigenvalue weighted by molar-refractivity contribution is -0.141. The summed E-state index contributed by atoms with van der Waals surface area (Å²) in [6.45, 7) is 0. The van der Waals surface area contributed by atoms with Gasteiger partial charge in [-0.25, -0.2) is 4.79 Å². The molecule has 0 bridgehead atoms. The predicted molar refractivity (Wildman–Crippen MR) is 83.2 cm³/mol. The predicted octanol–water partition coefficient (Wildman–Crippen LogP) is 1.45. The number of aromatic hydroxyl groups is 2. The van der Waals surface area contributed by atoms with E-state index in [0.29, 0.717) is 11.1 Å². The minimum Gasteiger partial charge on any atom is -0.508 e. The number of hydrogen-bond acceptors (Lipinski definition) is 4. The van der Waals surface area contributed by atoms with Gasteiger partial charge in [-0.3, -0.25) is 4.79 Å². The molecule has 6 heteroatoms. The molecule has 4 N–H and O–H groups in total. The zero-order valence-corrected chi connectivity index (χ0v) is 12.3. The van der Waals surface area contributed by atoms with Gasteiger partial charge in [0.05, 0.1) is 6.42 Å². The molecule has 0 unspecified atom stereocenters. The molecule has 120 valence electrons. The Morgan fingerprint density at radius 1 is 0.870 bits per heavy atom. The van der Waals surface area contributed by atoms with Gasteiger partial charge in [-0.15, -0.1) is 0 Å². The molecular formula is C17H17NO5. The maximum atomic E-state index is 12.0. The van der Waals surface area contributed by atoms with Crippen LogP contribution in [-0.2, 0) is 22.4 Å². The van der Waals surface area contributed by atoms with Crippen molar-refractivity contribution in [1.29, 1.82) is 0 Å². The number of amides is 1. The van der Waals surface area contributed by atoms with Gasteiger partial charge in [-0.2, -0.15) is 0 Å². The highest BCUT2D eigenvalue weighted by Crippen LogP contribution is 2.12. The second kappa shape index (κ2) is 7.31. The summed E-state index contributed by atoms with van der Waals surface area (Å²) in [5.41, 5.74) is 1.37. The van der Waals surface area contributed by atoms with E-state index in [-0.39, 0.29) is 24.3 Å². The maximum Gasteiger partial charge on any atom is 0.326 e. The molecule has 0 radical (unpaired) electrons. The molecule has 1 atom stereocenters. The molecule has 0 spiro atoms. The van der Waals surface area contributed by atoms with Crippen LogP contribution < -0.4 is 5.32 Å². The molecule has 2 aromatic carbocycles. The van der Waals surface area contributed by atoms with Crippen LogP contribution >= 0.6 is 0 Å². The Morgan fingerprint density at radius 2 is 1.35 bits per heavy atom.